The fourth-order valence-electron chi connectivity index (χ4n) is 5.64. The summed E-state index contributed by atoms with van der Waals surface area (Å²) in [5, 5.41) is 3.82. The van der Waals surface area contributed by atoms with Crippen LogP contribution in [0.2, 0.25) is 0 Å². The lowest BCUT2D eigenvalue weighted by molar-refractivity contribution is -0.131. The van der Waals surface area contributed by atoms with Gasteiger partial charge in [-0.05, 0) is 63.2 Å². The van der Waals surface area contributed by atoms with Crippen LogP contribution in [-0.2, 0) is 30.8 Å². The number of nitrogens with one attached hydrogen (secondary N) is 1. The lowest BCUT2D eigenvalue weighted by atomic mass is 10.0. The summed E-state index contributed by atoms with van der Waals surface area (Å²) >= 11 is 0. The number of sulfone groups is 1. The number of aromatic nitrogens is 1. The molecule has 0 spiro atoms. The van der Waals surface area contributed by atoms with Crippen molar-refractivity contribution in [3.05, 3.63) is 65.9 Å². The van der Waals surface area contributed by atoms with E-state index in [1.165, 1.54) is 4.90 Å². The first-order valence-corrected chi connectivity index (χ1v) is 16.2. The van der Waals surface area contributed by atoms with E-state index in [2.05, 4.69) is 10.3 Å². The molecule has 1 aliphatic heterocycles. The predicted octanol–water partition coefficient (Wildman–Crippen LogP) is 3.07. The third kappa shape index (κ3) is 6.32. The van der Waals surface area contributed by atoms with Crippen LogP contribution in [0.25, 0.3) is 10.9 Å². The summed E-state index contributed by atoms with van der Waals surface area (Å²) in [6.45, 7) is 10.7. The van der Waals surface area contributed by atoms with Gasteiger partial charge in [-0.2, -0.15) is 0 Å². The Bertz CT molecular complexity index is 1600. The molecule has 42 heavy (non-hydrogen) atoms. The molecule has 4 rings (SSSR count). The molecule has 1 aromatic heterocycles. The van der Waals surface area contributed by atoms with Gasteiger partial charge in [0.15, 0.2) is 9.84 Å². The summed E-state index contributed by atoms with van der Waals surface area (Å²) in [5.41, 5.74) is 3.40. The molecule has 11 heteroatoms. The van der Waals surface area contributed by atoms with Crippen LogP contribution >= 0.6 is 0 Å². The highest BCUT2D eigenvalue weighted by molar-refractivity contribution is 7.91. The van der Waals surface area contributed by atoms with Crippen molar-refractivity contribution in [3.8, 4) is 0 Å². The van der Waals surface area contributed by atoms with Crippen molar-refractivity contribution in [2.45, 2.75) is 59.3 Å². The number of amides is 3. The van der Waals surface area contributed by atoms with Crippen molar-refractivity contribution in [2.24, 2.45) is 0 Å². The normalized spacial score (nSPS) is 18.1. The van der Waals surface area contributed by atoms with Gasteiger partial charge in [-0.1, -0.05) is 44.2 Å². The van der Waals surface area contributed by atoms with Gasteiger partial charge in [0, 0.05) is 17.8 Å². The summed E-state index contributed by atoms with van der Waals surface area (Å²) in [7, 11) is -3.68. The fraction of sp³-hybridized carbons (Fsp3) is 0.419. The molecule has 3 aromatic rings. The molecule has 1 aliphatic rings. The van der Waals surface area contributed by atoms with E-state index >= 15 is 0 Å². The highest BCUT2D eigenvalue weighted by atomic mass is 32.2. The summed E-state index contributed by atoms with van der Waals surface area (Å²) in [6.07, 6.45) is 2.76. The number of para-hydroxylation sites is 3. The Kier molecular flexibility index (Phi) is 9.32. The zero-order chi connectivity index (χ0) is 30.8. The van der Waals surface area contributed by atoms with Crippen molar-refractivity contribution in [3.63, 3.8) is 0 Å². The van der Waals surface area contributed by atoms with Gasteiger partial charge in [-0.25, -0.2) is 8.42 Å². The topological polar surface area (TPSA) is 120 Å². The van der Waals surface area contributed by atoms with Gasteiger partial charge in [-0.3, -0.25) is 24.3 Å². The minimum atomic E-state index is -3.68. The van der Waals surface area contributed by atoms with Crippen molar-refractivity contribution in [2.75, 3.05) is 34.9 Å². The monoisotopic (exact) mass is 593 g/mol. The largest absolute Gasteiger partial charge is 0.341 e. The van der Waals surface area contributed by atoms with Gasteiger partial charge < -0.3 is 15.1 Å². The lowest BCUT2D eigenvalue weighted by Crippen LogP contribution is -2.60. The second-order valence-corrected chi connectivity index (χ2v) is 12.9. The van der Waals surface area contributed by atoms with Crippen molar-refractivity contribution in [1.29, 1.82) is 0 Å². The minimum absolute atomic E-state index is 0.156. The standard InChI is InChI=1S/C31H39N5O5S/c1-7-34(8-2)22(5)30(38)33-29-21(4)36(28(37)19-42(6,40)41)27-16-12-11-15-26(27)35(31(29)39)18-24-20(3)17-32-25-14-10-9-13-23(24)25/h9-17,21-22,29H,7-8,18-19H2,1-6H3,(H,33,38)/t21-,22-,29-/m0/s1. The van der Waals surface area contributed by atoms with Crippen LogP contribution in [0.5, 0.6) is 0 Å². The van der Waals surface area contributed by atoms with Crippen molar-refractivity contribution in [1.82, 2.24) is 15.2 Å². The van der Waals surface area contributed by atoms with Gasteiger partial charge in [0.25, 0.3) is 5.91 Å². The third-order valence-electron chi connectivity index (χ3n) is 7.96. The number of hydrogen-bond donors (Lipinski definition) is 1. The molecule has 224 valence electrons. The molecule has 0 bridgehead atoms. The number of anilines is 2. The molecule has 0 fully saturated rings. The van der Waals surface area contributed by atoms with E-state index in [1.807, 2.05) is 49.9 Å². The summed E-state index contributed by atoms with van der Waals surface area (Å²) in [4.78, 5) is 51.1. The van der Waals surface area contributed by atoms with Gasteiger partial charge in [-0.15, -0.1) is 0 Å². The first-order chi connectivity index (χ1) is 19.9. The first kappa shape index (κ1) is 31.1. The minimum Gasteiger partial charge on any atom is -0.341 e. The van der Waals surface area contributed by atoms with E-state index in [4.69, 9.17) is 0 Å². The summed E-state index contributed by atoms with van der Waals surface area (Å²) in [6, 6.07) is 12.1. The molecule has 0 saturated carbocycles. The number of benzene rings is 2. The molecule has 1 N–H and O–H groups in total. The van der Waals surface area contributed by atoms with Crippen LogP contribution in [0.1, 0.15) is 38.8 Å². The number of aryl methyl sites for hydroxylation is 1. The Balaban J connectivity index is 1.87. The second kappa shape index (κ2) is 12.6. The van der Waals surface area contributed by atoms with Crippen molar-refractivity contribution < 1.29 is 22.8 Å². The van der Waals surface area contributed by atoms with Crippen LogP contribution < -0.4 is 15.1 Å². The molecule has 2 heterocycles. The molecule has 0 unspecified atom stereocenters. The van der Waals surface area contributed by atoms with Gasteiger partial charge >= 0.3 is 0 Å². The smallest absolute Gasteiger partial charge is 0.252 e. The number of likely N-dealkylation sites (N-methyl/N-ethyl adjacent to an activating group) is 1. The summed E-state index contributed by atoms with van der Waals surface area (Å²) in [5.74, 6) is -2.15. The third-order valence-corrected chi connectivity index (χ3v) is 8.74. The van der Waals surface area contributed by atoms with E-state index in [1.54, 1.807) is 49.2 Å². The number of carbonyl (C=O) groups is 3. The Hall–Kier alpha value is -3.83. The SMILES string of the molecule is CCN(CC)[C@@H](C)C(=O)N[C@@H]1C(=O)N(Cc2c(C)cnc3ccccc23)c2ccccc2N(C(=O)CS(C)(=O)=O)[C@H]1C. The van der Waals surface area contributed by atoms with Gasteiger partial charge in [0.05, 0.1) is 35.5 Å². The molecule has 2 aromatic carbocycles. The maximum Gasteiger partial charge on any atom is 0.252 e. The average Bonchev–Trinajstić information content (AvgIpc) is 3.02. The Morgan fingerprint density at radius 2 is 1.67 bits per heavy atom. The molecule has 10 nitrogen and oxygen atoms in total. The zero-order valence-electron chi connectivity index (χ0n) is 25.0. The predicted molar refractivity (Wildman–Crippen MR) is 165 cm³/mol. The van der Waals surface area contributed by atoms with E-state index in [0.29, 0.717) is 24.5 Å². The van der Waals surface area contributed by atoms with Gasteiger partial charge in [0.1, 0.15) is 11.8 Å². The van der Waals surface area contributed by atoms with Gasteiger partial charge in [0.2, 0.25) is 11.8 Å². The average molecular weight is 594 g/mol. The van der Waals surface area contributed by atoms with E-state index < -0.39 is 45.5 Å². The molecule has 0 aliphatic carbocycles. The highest BCUT2D eigenvalue weighted by Gasteiger charge is 2.43. The first-order valence-electron chi connectivity index (χ1n) is 14.2. The molecule has 3 atom stereocenters. The maximum absolute atomic E-state index is 14.5. The van der Waals surface area contributed by atoms with Crippen LogP contribution in [0.15, 0.2) is 54.7 Å². The number of carbonyl (C=O) groups excluding carboxylic acids is 3. The zero-order valence-corrected chi connectivity index (χ0v) is 25.8. The molecular weight excluding hydrogens is 554 g/mol. The lowest BCUT2D eigenvalue weighted by Gasteiger charge is -2.34. The van der Waals surface area contributed by atoms with E-state index in [0.717, 1.165) is 28.3 Å². The number of rotatable bonds is 9. The molecular formula is C31H39N5O5S. The number of hydrogen-bond acceptors (Lipinski definition) is 7. The second-order valence-electron chi connectivity index (χ2n) is 10.8. The Labute approximate surface area is 247 Å². The molecule has 0 saturated heterocycles. The Morgan fingerprint density at radius 1 is 1.05 bits per heavy atom. The fourth-order valence-corrected chi connectivity index (χ4v) is 6.22. The Morgan fingerprint density at radius 3 is 2.31 bits per heavy atom. The van der Waals surface area contributed by atoms with Crippen LogP contribution in [-0.4, -0.2) is 79.2 Å². The highest BCUT2D eigenvalue weighted by Crippen LogP contribution is 2.37. The number of nitrogens with zero attached hydrogens (tertiary/aromatic N) is 4. The van der Waals surface area contributed by atoms with E-state index in [-0.39, 0.29) is 12.5 Å². The van der Waals surface area contributed by atoms with Crippen LogP contribution in [0.4, 0.5) is 11.4 Å². The quantitative estimate of drug-likeness (QED) is 0.405. The summed E-state index contributed by atoms with van der Waals surface area (Å²) < 4.78 is 24.4. The molecule has 0 radical (unpaired) electrons. The number of fused-ring (bicyclic) bond motifs is 2. The maximum atomic E-state index is 14.5. The molecule has 3 amide bonds. The van der Waals surface area contributed by atoms with E-state index in [9.17, 15) is 22.8 Å². The van der Waals surface area contributed by atoms with Crippen molar-refractivity contribution >= 4 is 49.8 Å². The van der Waals surface area contributed by atoms with Crippen LogP contribution in [0.3, 0.4) is 0 Å². The van der Waals surface area contributed by atoms with Crippen LogP contribution in [0, 0.1) is 6.92 Å². The number of pyridine rings is 1.